The molecule has 3 aromatic rings. The number of methoxy groups -OCH3 is 1. The molecule has 1 aliphatic heterocycles. The van der Waals surface area contributed by atoms with Gasteiger partial charge in [0.25, 0.3) is 0 Å². The molecule has 0 aliphatic carbocycles. The van der Waals surface area contributed by atoms with Crippen LogP contribution in [0.25, 0.3) is 10.9 Å². The molecule has 0 saturated carbocycles. The molecule has 1 aromatic heterocycles. The smallest absolute Gasteiger partial charge is 0.175 e. The van der Waals surface area contributed by atoms with E-state index in [1.807, 2.05) is 12.1 Å². The normalized spacial score (nSPS) is 15.6. The van der Waals surface area contributed by atoms with Gasteiger partial charge >= 0.3 is 0 Å². The summed E-state index contributed by atoms with van der Waals surface area (Å²) < 4.78 is 29.1. The number of aromatic nitrogens is 2. The van der Waals surface area contributed by atoms with Crippen molar-refractivity contribution in [3.05, 3.63) is 54.4 Å². The molecule has 0 unspecified atom stereocenters. The Morgan fingerprint density at radius 1 is 1.07 bits per heavy atom. The topological polar surface area (TPSA) is 72.4 Å². The van der Waals surface area contributed by atoms with Gasteiger partial charge in [0.05, 0.1) is 17.5 Å². The second-order valence-corrected chi connectivity index (χ2v) is 9.65. The first-order valence-corrected chi connectivity index (χ1v) is 11.7. The summed E-state index contributed by atoms with van der Waals surface area (Å²) in [6, 6.07) is 13.4. The summed E-state index contributed by atoms with van der Waals surface area (Å²) in [5.74, 6) is 2.33. The number of sulfone groups is 1. The van der Waals surface area contributed by atoms with Crippen LogP contribution in [0.4, 0.5) is 5.82 Å². The predicted molar refractivity (Wildman–Crippen MR) is 114 cm³/mol. The van der Waals surface area contributed by atoms with E-state index in [0.29, 0.717) is 10.8 Å². The molecule has 0 amide bonds. The SMILES string of the molecule is COc1ccc(CC2CCN(c3ncnc4ccc(S(C)(=O)=O)cc34)CC2)cc1. The number of benzene rings is 2. The van der Waals surface area contributed by atoms with Crippen molar-refractivity contribution in [3.8, 4) is 5.75 Å². The highest BCUT2D eigenvalue weighted by molar-refractivity contribution is 7.90. The van der Waals surface area contributed by atoms with Gasteiger partial charge in [-0.15, -0.1) is 0 Å². The molecule has 6 nitrogen and oxygen atoms in total. The van der Waals surface area contributed by atoms with Crippen LogP contribution in [0.5, 0.6) is 5.75 Å². The van der Waals surface area contributed by atoms with Crippen LogP contribution in [0.1, 0.15) is 18.4 Å². The molecule has 2 heterocycles. The first-order chi connectivity index (χ1) is 13.9. The Hall–Kier alpha value is -2.67. The minimum atomic E-state index is -3.27. The summed E-state index contributed by atoms with van der Waals surface area (Å²) >= 11 is 0. The van der Waals surface area contributed by atoms with Crippen LogP contribution in [0.3, 0.4) is 0 Å². The minimum absolute atomic E-state index is 0.301. The van der Waals surface area contributed by atoms with E-state index in [9.17, 15) is 8.42 Å². The van der Waals surface area contributed by atoms with Crippen molar-refractivity contribution in [2.45, 2.75) is 24.2 Å². The molecule has 29 heavy (non-hydrogen) atoms. The van der Waals surface area contributed by atoms with Crippen molar-refractivity contribution in [3.63, 3.8) is 0 Å². The van der Waals surface area contributed by atoms with E-state index in [2.05, 4.69) is 27.0 Å². The lowest BCUT2D eigenvalue weighted by Crippen LogP contribution is -2.35. The van der Waals surface area contributed by atoms with Crippen molar-refractivity contribution in [2.24, 2.45) is 5.92 Å². The molecule has 1 saturated heterocycles. The summed E-state index contributed by atoms with van der Waals surface area (Å²) in [4.78, 5) is 11.3. The zero-order chi connectivity index (χ0) is 20.4. The molecule has 0 N–H and O–H groups in total. The number of anilines is 1. The molecule has 0 spiro atoms. The van der Waals surface area contributed by atoms with E-state index >= 15 is 0 Å². The maximum atomic E-state index is 12.0. The number of fused-ring (bicyclic) bond motifs is 1. The van der Waals surface area contributed by atoms with Crippen LogP contribution in [0.2, 0.25) is 0 Å². The monoisotopic (exact) mass is 411 g/mol. The van der Waals surface area contributed by atoms with E-state index in [0.717, 1.165) is 54.8 Å². The second kappa shape index (κ2) is 7.99. The van der Waals surface area contributed by atoms with Crippen LogP contribution >= 0.6 is 0 Å². The number of rotatable bonds is 5. The predicted octanol–water partition coefficient (Wildman–Crippen LogP) is 3.50. The zero-order valence-electron chi connectivity index (χ0n) is 16.7. The van der Waals surface area contributed by atoms with Crippen molar-refractivity contribution in [2.75, 3.05) is 31.4 Å². The lowest BCUT2D eigenvalue weighted by molar-refractivity contribution is 0.401. The van der Waals surface area contributed by atoms with E-state index < -0.39 is 9.84 Å². The third-order valence-corrected chi connectivity index (χ3v) is 6.72. The number of piperidine rings is 1. The van der Waals surface area contributed by atoms with Gasteiger partial charge in [-0.2, -0.15) is 0 Å². The summed E-state index contributed by atoms with van der Waals surface area (Å²) in [6.45, 7) is 1.80. The van der Waals surface area contributed by atoms with Crippen LogP contribution < -0.4 is 9.64 Å². The molecular weight excluding hydrogens is 386 g/mol. The van der Waals surface area contributed by atoms with Gasteiger partial charge in [0.1, 0.15) is 17.9 Å². The first kappa shape index (κ1) is 19.6. The van der Waals surface area contributed by atoms with Gasteiger partial charge in [-0.05, 0) is 61.1 Å². The van der Waals surface area contributed by atoms with Crippen LogP contribution in [-0.2, 0) is 16.3 Å². The summed E-state index contributed by atoms with van der Waals surface area (Å²) in [5, 5.41) is 0.795. The largest absolute Gasteiger partial charge is 0.497 e. The molecule has 1 fully saturated rings. The second-order valence-electron chi connectivity index (χ2n) is 7.63. The Bertz CT molecular complexity index is 1110. The van der Waals surface area contributed by atoms with Crippen molar-refractivity contribution < 1.29 is 13.2 Å². The third-order valence-electron chi connectivity index (χ3n) is 5.61. The standard InChI is InChI=1S/C22H25N3O3S/c1-28-18-5-3-16(4-6-18)13-17-9-11-25(12-10-17)22-20-14-19(29(2,26)27)7-8-21(20)23-15-24-22/h3-8,14-15,17H,9-13H2,1-2H3. The molecule has 4 rings (SSSR count). The fourth-order valence-electron chi connectivity index (χ4n) is 3.95. The Balaban J connectivity index is 1.50. The molecule has 0 bridgehead atoms. The quantitative estimate of drug-likeness (QED) is 0.640. The fraction of sp³-hybridized carbons (Fsp3) is 0.364. The number of nitrogens with zero attached hydrogens (tertiary/aromatic N) is 3. The van der Waals surface area contributed by atoms with Crippen LogP contribution in [0, 0.1) is 5.92 Å². The maximum absolute atomic E-state index is 12.0. The van der Waals surface area contributed by atoms with Gasteiger partial charge in [0.15, 0.2) is 9.84 Å². The van der Waals surface area contributed by atoms with Crippen LogP contribution in [-0.4, -0.2) is 44.8 Å². The highest BCUT2D eigenvalue weighted by atomic mass is 32.2. The highest BCUT2D eigenvalue weighted by Gasteiger charge is 2.22. The molecule has 0 atom stereocenters. The lowest BCUT2D eigenvalue weighted by atomic mass is 9.90. The fourth-order valence-corrected chi connectivity index (χ4v) is 4.60. The molecule has 2 aromatic carbocycles. The van der Waals surface area contributed by atoms with Gasteiger partial charge in [0, 0.05) is 24.7 Å². The van der Waals surface area contributed by atoms with Gasteiger partial charge in [0.2, 0.25) is 0 Å². The van der Waals surface area contributed by atoms with Crippen molar-refractivity contribution in [1.29, 1.82) is 0 Å². The Morgan fingerprint density at radius 3 is 2.45 bits per heavy atom. The van der Waals surface area contributed by atoms with Crippen LogP contribution in [0.15, 0.2) is 53.7 Å². The highest BCUT2D eigenvalue weighted by Crippen LogP contribution is 2.30. The molecule has 1 aliphatic rings. The Kier molecular flexibility index (Phi) is 5.41. The minimum Gasteiger partial charge on any atom is -0.497 e. The lowest BCUT2D eigenvalue weighted by Gasteiger charge is -2.33. The molecule has 0 radical (unpaired) electrons. The van der Waals surface area contributed by atoms with Crippen molar-refractivity contribution in [1.82, 2.24) is 9.97 Å². The molecule has 152 valence electrons. The summed E-state index contributed by atoms with van der Waals surface area (Å²) in [7, 11) is -1.59. The van der Waals surface area contributed by atoms with Gasteiger partial charge in [-0.25, -0.2) is 18.4 Å². The first-order valence-electron chi connectivity index (χ1n) is 9.77. The Morgan fingerprint density at radius 2 is 1.79 bits per heavy atom. The van der Waals surface area contributed by atoms with E-state index in [-0.39, 0.29) is 0 Å². The molecular formula is C22H25N3O3S. The van der Waals surface area contributed by atoms with Crippen molar-refractivity contribution >= 4 is 26.6 Å². The number of hydrogen-bond donors (Lipinski definition) is 0. The van der Waals surface area contributed by atoms with Gasteiger partial charge in [-0.1, -0.05) is 12.1 Å². The summed E-state index contributed by atoms with van der Waals surface area (Å²) in [5.41, 5.74) is 2.09. The van der Waals surface area contributed by atoms with E-state index in [1.54, 1.807) is 31.6 Å². The van der Waals surface area contributed by atoms with Gasteiger partial charge < -0.3 is 9.64 Å². The average molecular weight is 412 g/mol. The number of hydrogen-bond acceptors (Lipinski definition) is 6. The number of ether oxygens (including phenoxy) is 1. The summed E-state index contributed by atoms with van der Waals surface area (Å²) in [6.07, 6.45) is 5.98. The zero-order valence-corrected chi connectivity index (χ0v) is 17.5. The van der Waals surface area contributed by atoms with E-state index in [4.69, 9.17) is 4.74 Å². The maximum Gasteiger partial charge on any atom is 0.175 e. The van der Waals surface area contributed by atoms with Gasteiger partial charge in [-0.3, -0.25) is 0 Å². The Labute approximate surface area is 171 Å². The average Bonchev–Trinajstić information content (AvgIpc) is 2.73. The molecule has 7 heteroatoms. The van der Waals surface area contributed by atoms with E-state index in [1.165, 1.54) is 11.8 Å². The third kappa shape index (κ3) is 4.34.